The molecule has 0 unspecified atom stereocenters. The fraction of sp³-hybridized carbons (Fsp3) is 0. The number of rotatable bonds is 1. The summed E-state index contributed by atoms with van der Waals surface area (Å²) in [7, 11) is 0. The summed E-state index contributed by atoms with van der Waals surface area (Å²) in [5, 5.41) is 10.0. The van der Waals surface area contributed by atoms with E-state index in [1.54, 1.807) is 24.3 Å². The van der Waals surface area contributed by atoms with Crippen LogP contribution in [0.4, 0.5) is 5.69 Å². The summed E-state index contributed by atoms with van der Waals surface area (Å²) in [6.45, 7) is 0. The lowest BCUT2D eigenvalue weighted by Gasteiger charge is -2.06. The van der Waals surface area contributed by atoms with Crippen LogP contribution in [0.2, 0.25) is 10.0 Å². The lowest BCUT2D eigenvalue weighted by atomic mass is 10.0. The SMILES string of the molecule is N#Cc1cc(-c2ccc(Cl)cc2Cl)ccc1N. The van der Waals surface area contributed by atoms with Gasteiger partial charge in [-0.2, -0.15) is 5.26 Å². The molecule has 2 rings (SSSR count). The van der Waals surface area contributed by atoms with Gasteiger partial charge in [-0.15, -0.1) is 0 Å². The molecule has 0 aliphatic heterocycles. The molecule has 4 heteroatoms. The maximum absolute atomic E-state index is 8.92. The standard InChI is InChI=1S/C13H8Cl2N2/c14-10-2-3-11(12(15)6-10)8-1-4-13(17)9(5-8)7-16/h1-6H,17H2. The number of hydrogen-bond acceptors (Lipinski definition) is 2. The summed E-state index contributed by atoms with van der Waals surface area (Å²) in [5.41, 5.74) is 8.23. The first-order valence-corrected chi connectivity index (χ1v) is 5.62. The van der Waals surface area contributed by atoms with Gasteiger partial charge in [0, 0.05) is 21.3 Å². The maximum Gasteiger partial charge on any atom is 0.101 e. The van der Waals surface area contributed by atoms with Gasteiger partial charge >= 0.3 is 0 Å². The highest BCUT2D eigenvalue weighted by Crippen LogP contribution is 2.31. The van der Waals surface area contributed by atoms with E-state index in [4.69, 9.17) is 34.2 Å². The van der Waals surface area contributed by atoms with Crippen LogP contribution >= 0.6 is 23.2 Å². The molecule has 0 aliphatic carbocycles. The van der Waals surface area contributed by atoms with Crippen LogP contribution in [0, 0.1) is 11.3 Å². The van der Waals surface area contributed by atoms with Crippen molar-refractivity contribution in [2.75, 3.05) is 5.73 Å². The van der Waals surface area contributed by atoms with E-state index < -0.39 is 0 Å². The Morgan fingerprint density at radius 2 is 1.82 bits per heavy atom. The monoisotopic (exact) mass is 262 g/mol. The molecule has 0 heterocycles. The summed E-state index contributed by atoms with van der Waals surface area (Å²) in [5.74, 6) is 0. The quantitative estimate of drug-likeness (QED) is 0.787. The highest BCUT2D eigenvalue weighted by molar-refractivity contribution is 6.36. The molecule has 0 saturated carbocycles. The molecule has 0 fully saturated rings. The minimum absolute atomic E-state index is 0.438. The van der Waals surface area contributed by atoms with Crippen molar-refractivity contribution in [2.24, 2.45) is 0 Å². The summed E-state index contributed by atoms with van der Waals surface area (Å²) in [6, 6.07) is 12.5. The van der Waals surface area contributed by atoms with Crippen LogP contribution in [-0.2, 0) is 0 Å². The Hall–Kier alpha value is -1.69. The third-order valence-electron chi connectivity index (χ3n) is 2.42. The number of benzene rings is 2. The van der Waals surface area contributed by atoms with Gasteiger partial charge < -0.3 is 5.73 Å². The average molecular weight is 263 g/mol. The molecule has 17 heavy (non-hydrogen) atoms. The Balaban J connectivity index is 2.58. The van der Waals surface area contributed by atoms with Crippen molar-refractivity contribution < 1.29 is 0 Å². The number of nitrogen functional groups attached to an aromatic ring is 1. The third-order valence-corrected chi connectivity index (χ3v) is 2.96. The fourth-order valence-corrected chi connectivity index (χ4v) is 2.06. The van der Waals surface area contributed by atoms with Gasteiger partial charge in [-0.05, 0) is 29.8 Å². The zero-order valence-electron chi connectivity index (χ0n) is 8.74. The van der Waals surface area contributed by atoms with Gasteiger partial charge in [-0.25, -0.2) is 0 Å². The summed E-state index contributed by atoms with van der Waals surface area (Å²) < 4.78 is 0. The third kappa shape index (κ3) is 2.36. The molecule has 0 amide bonds. The average Bonchev–Trinajstić information content (AvgIpc) is 2.30. The van der Waals surface area contributed by atoms with Crippen molar-refractivity contribution in [3.63, 3.8) is 0 Å². The number of nitrogens with two attached hydrogens (primary N) is 1. The zero-order valence-corrected chi connectivity index (χ0v) is 10.3. The molecule has 0 radical (unpaired) electrons. The lowest BCUT2D eigenvalue weighted by Crippen LogP contribution is -1.90. The van der Waals surface area contributed by atoms with E-state index in [2.05, 4.69) is 0 Å². The zero-order chi connectivity index (χ0) is 12.4. The van der Waals surface area contributed by atoms with E-state index in [0.29, 0.717) is 21.3 Å². The van der Waals surface area contributed by atoms with E-state index in [0.717, 1.165) is 11.1 Å². The molecule has 0 aromatic heterocycles. The molecule has 2 aromatic carbocycles. The lowest BCUT2D eigenvalue weighted by molar-refractivity contribution is 1.48. The normalized spacial score (nSPS) is 9.94. The maximum atomic E-state index is 8.92. The van der Waals surface area contributed by atoms with Gasteiger partial charge in [0.15, 0.2) is 0 Å². The minimum Gasteiger partial charge on any atom is -0.398 e. The molecule has 0 aliphatic rings. The summed E-state index contributed by atoms with van der Waals surface area (Å²) in [4.78, 5) is 0. The molecule has 0 saturated heterocycles. The van der Waals surface area contributed by atoms with Crippen molar-refractivity contribution in [3.05, 3.63) is 52.0 Å². The van der Waals surface area contributed by atoms with E-state index in [-0.39, 0.29) is 0 Å². The molecular formula is C13H8Cl2N2. The van der Waals surface area contributed by atoms with Crippen LogP contribution in [0.3, 0.4) is 0 Å². The Labute approximate surface area is 109 Å². The highest BCUT2D eigenvalue weighted by Gasteiger charge is 2.06. The van der Waals surface area contributed by atoms with E-state index >= 15 is 0 Å². The molecule has 2 aromatic rings. The van der Waals surface area contributed by atoms with Crippen LogP contribution in [0.15, 0.2) is 36.4 Å². The van der Waals surface area contributed by atoms with Crippen molar-refractivity contribution >= 4 is 28.9 Å². The molecular weight excluding hydrogens is 255 g/mol. The first-order chi connectivity index (χ1) is 8.11. The minimum atomic E-state index is 0.438. The van der Waals surface area contributed by atoms with Gasteiger partial charge in [0.25, 0.3) is 0 Å². The van der Waals surface area contributed by atoms with Gasteiger partial charge in [0.2, 0.25) is 0 Å². The predicted octanol–water partition coefficient (Wildman–Crippen LogP) is 4.11. The van der Waals surface area contributed by atoms with Gasteiger partial charge in [-0.1, -0.05) is 35.3 Å². The number of halogens is 2. The van der Waals surface area contributed by atoms with E-state index in [1.165, 1.54) is 0 Å². The van der Waals surface area contributed by atoms with Crippen molar-refractivity contribution in [2.45, 2.75) is 0 Å². The van der Waals surface area contributed by atoms with Crippen LogP contribution < -0.4 is 5.73 Å². The van der Waals surface area contributed by atoms with Crippen molar-refractivity contribution in [1.29, 1.82) is 5.26 Å². The van der Waals surface area contributed by atoms with Gasteiger partial charge in [0.1, 0.15) is 6.07 Å². The van der Waals surface area contributed by atoms with Crippen molar-refractivity contribution in [1.82, 2.24) is 0 Å². The number of hydrogen-bond donors (Lipinski definition) is 1. The first-order valence-electron chi connectivity index (χ1n) is 4.87. The number of nitriles is 1. The number of nitrogens with zero attached hydrogens (tertiary/aromatic N) is 1. The van der Waals surface area contributed by atoms with Gasteiger partial charge in [-0.3, -0.25) is 0 Å². The Morgan fingerprint density at radius 3 is 2.47 bits per heavy atom. The van der Waals surface area contributed by atoms with Crippen LogP contribution in [0.25, 0.3) is 11.1 Å². The van der Waals surface area contributed by atoms with Crippen LogP contribution in [-0.4, -0.2) is 0 Å². The second-order valence-electron chi connectivity index (χ2n) is 3.54. The Morgan fingerprint density at radius 1 is 1.06 bits per heavy atom. The Bertz CT molecular complexity index is 615. The molecule has 0 atom stereocenters. The first kappa shape index (κ1) is 11.8. The van der Waals surface area contributed by atoms with Crippen LogP contribution in [0.1, 0.15) is 5.56 Å². The molecule has 0 bridgehead atoms. The smallest absolute Gasteiger partial charge is 0.101 e. The van der Waals surface area contributed by atoms with Crippen LogP contribution in [0.5, 0.6) is 0 Å². The molecule has 2 nitrogen and oxygen atoms in total. The molecule has 0 spiro atoms. The summed E-state index contributed by atoms with van der Waals surface area (Å²) in [6.07, 6.45) is 0. The second kappa shape index (κ2) is 4.67. The predicted molar refractivity (Wildman–Crippen MR) is 71.0 cm³/mol. The topological polar surface area (TPSA) is 49.8 Å². The fourth-order valence-electron chi connectivity index (χ4n) is 1.54. The highest BCUT2D eigenvalue weighted by atomic mass is 35.5. The Kier molecular flexibility index (Phi) is 3.23. The second-order valence-corrected chi connectivity index (χ2v) is 4.38. The summed E-state index contributed by atoms with van der Waals surface area (Å²) >= 11 is 11.9. The van der Waals surface area contributed by atoms with Gasteiger partial charge in [0.05, 0.1) is 5.56 Å². The van der Waals surface area contributed by atoms with E-state index in [9.17, 15) is 0 Å². The molecule has 84 valence electrons. The van der Waals surface area contributed by atoms with Crippen molar-refractivity contribution in [3.8, 4) is 17.2 Å². The largest absolute Gasteiger partial charge is 0.398 e. The molecule has 2 N–H and O–H groups in total. The number of anilines is 1. The van der Waals surface area contributed by atoms with E-state index in [1.807, 2.05) is 18.2 Å².